The number of phenols is 1. The zero-order valence-electron chi connectivity index (χ0n) is 9.51. The first-order valence-corrected chi connectivity index (χ1v) is 5.28. The van der Waals surface area contributed by atoms with Gasteiger partial charge in [-0.2, -0.15) is 4.99 Å². The molecule has 0 bridgehead atoms. The van der Waals surface area contributed by atoms with Gasteiger partial charge in [-0.1, -0.05) is 12.1 Å². The number of nitrogens with zero attached hydrogens (tertiary/aromatic N) is 2. The monoisotopic (exact) mass is 249 g/mol. The number of hydrogen-bond donors (Lipinski definition) is 2. The highest BCUT2D eigenvalue weighted by molar-refractivity contribution is 6.03. The number of nitrogens with two attached hydrogens (primary N) is 1. The molecule has 0 aliphatic carbocycles. The molecule has 1 heterocycles. The first-order valence-electron chi connectivity index (χ1n) is 5.28. The van der Waals surface area contributed by atoms with Crippen LogP contribution >= 0.6 is 0 Å². The van der Waals surface area contributed by atoms with E-state index in [9.17, 15) is 9.18 Å². The number of carbonyl (C=O) groups is 1. The second-order valence-corrected chi connectivity index (χ2v) is 3.87. The van der Waals surface area contributed by atoms with Gasteiger partial charge in [0.1, 0.15) is 11.9 Å². The lowest BCUT2D eigenvalue weighted by molar-refractivity contribution is 0.212. The summed E-state index contributed by atoms with van der Waals surface area (Å²) >= 11 is 0. The fraction of sp³-hybridized carbons (Fsp3) is 0.167. The number of urea groups is 1. The number of amides is 2. The Balaban J connectivity index is 2.40. The van der Waals surface area contributed by atoms with Gasteiger partial charge in [0.25, 0.3) is 0 Å². The van der Waals surface area contributed by atoms with Crippen LogP contribution in [0.2, 0.25) is 0 Å². The van der Waals surface area contributed by atoms with Gasteiger partial charge < -0.3 is 15.7 Å². The van der Waals surface area contributed by atoms with Crippen LogP contribution in [0.15, 0.2) is 35.8 Å². The molecule has 0 saturated heterocycles. The van der Waals surface area contributed by atoms with Crippen LogP contribution in [-0.4, -0.2) is 28.4 Å². The van der Waals surface area contributed by atoms with Gasteiger partial charge in [-0.25, -0.2) is 9.18 Å². The average molecular weight is 249 g/mol. The standard InChI is InChI=1S/C12H12FN3O2/c1-2-5-16-10(11(14)15-12(16)18)7-3-4-9(17)8(13)6-7/h2-4,6,10,17H,1,5H2,(H2,14,15,18). The molecule has 0 radical (unpaired) electrons. The molecule has 2 amide bonds. The van der Waals surface area contributed by atoms with Gasteiger partial charge in [0.05, 0.1) is 0 Å². The van der Waals surface area contributed by atoms with E-state index >= 15 is 0 Å². The molecule has 1 atom stereocenters. The minimum absolute atomic E-state index is 0.104. The van der Waals surface area contributed by atoms with Crippen molar-refractivity contribution in [2.24, 2.45) is 10.7 Å². The summed E-state index contributed by atoms with van der Waals surface area (Å²) in [5, 5.41) is 9.14. The van der Waals surface area contributed by atoms with E-state index in [-0.39, 0.29) is 12.4 Å². The third-order valence-corrected chi connectivity index (χ3v) is 2.68. The number of rotatable bonds is 3. The van der Waals surface area contributed by atoms with E-state index in [1.54, 1.807) is 0 Å². The van der Waals surface area contributed by atoms with Crippen LogP contribution in [-0.2, 0) is 0 Å². The number of carbonyl (C=O) groups excluding carboxylic acids is 1. The molecule has 0 aromatic heterocycles. The molecule has 1 unspecified atom stereocenters. The lowest BCUT2D eigenvalue weighted by Crippen LogP contribution is -2.33. The Labute approximate surface area is 103 Å². The van der Waals surface area contributed by atoms with Crippen molar-refractivity contribution in [3.05, 3.63) is 42.2 Å². The number of halogens is 1. The predicted octanol–water partition coefficient (Wildman–Crippen LogP) is 1.55. The maximum absolute atomic E-state index is 13.3. The summed E-state index contributed by atoms with van der Waals surface area (Å²) in [6.45, 7) is 3.80. The summed E-state index contributed by atoms with van der Waals surface area (Å²) < 4.78 is 13.3. The molecule has 1 aromatic carbocycles. The van der Waals surface area contributed by atoms with E-state index in [0.717, 1.165) is 6.07 Å². The Bertz CT molecular complexity index is 542. The van der Waals surface area contributed by atoms with E-state index in [1.807, 2.05) is 0 Å². The zero-order chi connectivity index (χ0) is 13.3. The van der Waals surface area contributed by atoms with Crippen molar-refractivity contribution in [3.63, 3.8) is 0 Å². The summed E-state index contributed by atoms with van der Waals surface area (Å²) in [7, 11) is 0. The molecule has 1 aromatic rings. The van der Waals surface area contributed by atoms with E-state index in [4.69, 9.17) is 10.8 Å². The Hall–Kier alpha value is -2.37. The third kappa shape index (κ3) is 1.92. The minimum Gasteiger partial charge on any atom is -0.505 e. The van der Waals surface area contributed by atoms with Crippen LogP contribution in [0.25, 0.3) is 0 Å². The highest BCUT2D eigenvalue weighted by Crippen LogP contribution is 2.29. The van der Waals surface area contributed by atoms with Crippen LogP contribution in [0, 0.1) is 5.82 Å². The lowest BCUT2D eigenvalue weighted by Gasteiger charge is -2.23. The van der Waals surface area contributed by atoms with Crippen molar-refractivity contribution in [2.75, 3.05) is 6.54 Å². The van der Waals surface area contributed by atoms with Gasteiger partial charge in [-0.15, -0.1) is 6.58 Å². The molecule has 0 saturated carbocycles. The SMILES string of the molecule is C=CCN1C(=O)N=C(N)C1c1ccc(O)c(F)c1. The van der Waals surface area contributed by atoms with Gasteiger partial charge in [0, 0.05) is 6.54 Å². The topological polar surface area (TPSA) is 78.9 Å². The Morgan fingerprint density at radius 1 is 1.61 bits per heavy atom. The van der Waals surface area contributed by atoms with E-state index < -0.39 is 23.6 Å². The second kappa shape index (κ2) is 4.48. The number of aromatic hydroxyl groups is 1. The third-order valence-electron chi connectivity index (χ3n) is 2.68. The van der Waals surface area contributed by atoms with Crippen LogP contribution in [0.1, 0.15) is 11.6 Å². The number of phenolic OH excluding ortho intramolecular Hbond substituents is 1. The van der Waals surface area contributed by atoms with Gasteiger partial charge in [-0.05, 0) is 17.7 Å². The zero-order valence-corrected chi connectivity index (χ0v) is 9.51. The predicted molar refractivity (Wildman–Crippen MR) is 64.7 cm³/mol. The second-order valence-electron chi connectivity index (χ2n) is 3.87. The van der Waals surface area contributed by atoms with Gasteiger partial charge in [0.2, 0.25) is 0 Å². The molecular formula is C12H12FN3O2. The summed E-state index contributed by atoms with van der Waals surface area (Å²) in [4.78, 5) is 16.6. The van der Waals surface area contributed by atoms with Crippen LogP contribution in [0.3, 0.4) is 0 Å². The Kier molecular flexibility index (Phi) is 3.01. The average Bonchev–Trinajstić information content (AvgIpc) is 2.59. The summed E-state index contributed by atoms with van der Waals surface area (Å²) in [6, 6.07) is 2.75. The summed E-state index contributed by atoms with van der Waals surface area (Å²) in [5.41, 5.74) is 6.14. The van der Waals surface area contributed by atoms with Gasteiger partial charge in [0.15, 0.2) is 11.6 Å². The highest BCUT2D eigenvalue weighted by atomic mass is 19.1. The highest BCUT2D eigenvalue weighted by Gasteiger charge is 2.34. The first kappa shape index (κ1) is 12.1. The molecule has 2 rings (SSSR count). The number of amidine groups is 1. The Morgan fingerprint density at radius 3 is 2.94 bits per heavy atom. The number of aliphatic imine (C=N–C) groups is 1. The van der Waals surface area contributed by atoms with Crippen molar-refractivity contribution in [1.29, 1.82) is 0 Å². The molecule has 94 valence electrons. The normalized spacial score (nSPS) is 18.9. The van der Waals surface area contributed by atoms with Crippen molar-refractivity contribution >= 4 is 11.9 Å². The van der Waals surface area contributed by atoms with E-state index in [1.165, 1.54) is 23.1 Å². The molecule has 3 N–H and O–H groups in total. The largest absolute Gasteiger partial charge is 0.505 e. The van der Waals surface area contributed by atoms with E-state index in [0.29, 0.717) is 5.56 Å². The van der Waals surface area contributed by atoms with Gasteiger partial charge >= 0.3 is 6.03 Å². The summed E-state index contributed by atoms with van der Waals surface area (Å²) in [5.74, 6) is -1.11. The first-order chi connectivity index (χ1) is 8.54. The Morgan fingerprint density at radius 2 is 2.33 bits per heavy atom. The molecule has 5 nitrogen and oxygen atoms in total. The molecule has 0 spiro atoms. The van der Waals surface area contributed by atoms with Crippen molar-refractivity contribution in [3.8, 4) is 5.75 Å². The van der Waals surface area contributed by atoms with Crippen LogP contribution < -0.4 is 5.73 Å². The number of benzene rings is 1. The smallest absolute Gasteiger partial charge is 0.346 e. The molecule has 18 heavy (non-hydrogen) atoms. The summed E-state index contributed by atoms with van der Waals surface area (Å²) in [6.07, 6.45) is 1.54. The molecule has 1 aliphatic rings. The van der Waals surface area contributed by atoms with Crippen molar-refractivity contribution in [1.82, 2.24) is 4.90 Å². The lowest BCUT2D eigenvalue weighted by atomic mass is 10.0. The van der Waals surface area contributed by atoms with Crippen LogP contribution in [0.5, 0.6) is 5.75 Å². The van der Waals surface area contributed by atoms with Crippen molar-refractivity contribution < 1.29 is 14.3 Å². The van der Waals surface area contributed by atoms with Crippen molar-refractivity contribution in [2.45, 2.75) is 6.04 Å². The molecule has 6 heteroatoms. The molecular weight excluding hydrogens is 237 g/mol. The fourth-order valence-electron chi connectivity index (χ4n) is 1.87. The number of hydrogen-bond acceptors (Lipinski definition) is 3. The minimum atomic E-state index is -0.766. The quantitative estimate of drug-likeness (QED) is 0.798. The van der Waals surface area contributed by atoms with Crippen LogP contribution in [0.4, 0.5) is 9.18 Å². The van der Waals surface area contributed by atoms with E-state index in [2.05, 4.69) is 11.6 Å². The molecule has 1 aliphatic heterocycles. The maximum atomic E-state index is 13.3. The molecule has 0 fully saturated rings. The fourth-order valence-corrected chi connectivity index (χ4v) is 1.87. The maximum Gasteiger partial charge on any atom is 0.346 e. The van der Waals surface area contributed by atoms with Gasteiger partial charge in [-0.3, -0.25) is 0 Å².